The highest BCUT2D eigenvalue weighted by Gasteiger charge is 2.18. The number of hydrogen-bond acceptors (Lipinski definition) is 5. The van der Waals surface area contributed by atoms with E-state index in [1.807, 2.05) is 6.07 Å². The van der Waals surface area contributed by atoms with Crippen molar-refractivity contribution in [3.8, 4) is 6.07 Å². The van der Waals surface area contributed by atoms with Crippen LogP contribution in [0.15, 0.2) is 12.1 Å². The maximum atomic E-state index is 9.50. The predicted octanol–water partition coefficient (Wildman–Crippen LogP) is 0.944. The first-order valence-corrected chi connectivity index (χ1v) is 5.10. The number of rotatable bonds is 3. The zero-order valence-corrected chi connectivity index (χ0v) is 8.42. The van der Waals surface area contributed by atoms with Gasteiger partial charge in [0.05, 0.1) is 6.10 Å². The third-order valence-corrected chi connectivity index (χ3v) is 3.01. The van der Waals surface area contributed by atoms with Crippen LogP contribution in [0.4, 0.5) is 0 Å². The smallest absolute Gasteiger partial charge is 0.115 e. The van der Waals surface area contributed by atoms with E-state index in [2.05, 4.69) is 12.6 Å². The van der Waals surface area contributed by atoms with Crippen LogP contribution in [0, 0.1) is 11.3 Å². The summed E-state index contributed by atoms with van der Waals surface area (Å²) in [6, 6.07) is 5.22. The second-order valence-corrected chi connectivity index (χ2v) is 3.99. The lowest BCUT2D eigenvalue weighted by molar-refractivity contribution is 0.0361. The molecule has 5 heteroatoms. The van der Waals surface area contributed by atoms with E-state index in [1.54, 1.807) is 12.1 Å². The van der Waals surface area contributed by atoms with Gasteiger partial charge in [-0.3, -0.25) is 0 Å². The SMILES string of the molecule is N#Cc1ccc(C(O)C(O)CS)s1. The predicted molar refractivity (Wildman–Crippen MR) is 53.9 cm³/mol. The van der Waals surface area contributed by atoms with E-state index in [-0.39, 0.29) is 5.75 Å². The summed E-state index contributed by atoms with van der Waals surface area (Å²) in [5, 5.41) is 27.3. The van der Waals surface area contributed by atoms with Crippen LogP contribution in [0.1, 0.15) is 15.9 Å². The number of nitrogens with zero attached hydrogens (tertiary/aromatic N) is 1. The van der Waals surface area contributed by atoms with Crippen LogP contribution in [-0.4, -0.2) is 22.1 Å². The second-order valence-electron chi connectivity index (χ2n) is 2.51. The van der Waals surface area contributed by atoms with Crippen LogP contribution in [0.5, 0.6) is 0 Å². The van der Waals surface area contributed by atoms with Gasteiger partial charge in [0.25, 0.3) is 0 Å². The van der Waals surface area contributed by atoms with Crippen molar-refractivity contribution in [2.45, 2.75) is 12.2 Å². The summed E-state index contributed by atoms with van der Waals surface area (Å²) in [6.45, 7) is 0. The molecule has 3 nitrogen and oxygen atoms in total. The summed E-state index contributed by atoms with van der Waals surface area (Å²) in [5.41, 5.74) is 0. The summed E-state index contributed by atoms with van der Waals surface area (Å²) in [6.07, 6.45) is -1.82. The van der Waals surface area contributed by atoms with E-state index in [1.165, 1.54) is 11.3 Å². The molecule has 0 aliphatic heterocycles. The highest BCUT2D eigenvalue weighted by Crippen LogP contribution is 2.25. The van der Waals surface area contributed by atoms with Gasteiger partial charge in [-0.2, -0.15) is 17.9 Å². The van der Waals surface area contributed by atoms with Gasteiger partial charge in [0.15, 0.2) is 0 Å². The average Bonchev–Trinajstić information content (AvgIpc) is 2.63. The Morgan fingerprint density at radius 2 is 2.23 bits per heavy atom. The third kappa shape index (κ3) is 2.45. The minimum atomic E-state index is -0.940. The second kappa shape index (κ2) is 4.63. The lowest BCUT2D eigenvalue weighted by atomic mass is 10.2. The fraction of sp³-hybridized carbons (Fsp3) is 0.375. The Labute approximate surface area is 85.7 Å². The summed E-state index contributed by atoms with van der Waals surface area (Å²) in [5.74, 6) is 0.195. The molecule has 0 radical (unpaired) electrons. The summed E-state index contributed by atoms with van der Waals surface area (Å²) in [7, 11) is 0. The molecule has 0 spiro atoms. The Kier molecular flexibility index (Phi) is 3.75. The number of hydrogen-bond donors (Lipinski definition) is 3. The van der Waals surface area contributed by atoms with Gasteiger partial charge in [-0.1, -0.05) is 0 Å². The van der Waals surface area contributed by atoms with Crippen molar-refractivity contribution >= 4 is 24.0 Å². The van der Waals surface area contributed by atoms with Crippen molar-refractivity contribution in [3.05, 3.63) is 21.9 Å². The molecule has 0 saturated heterocycles. The molecule has 2 atom stereocenters. The monoisotopic (exact) mass is 215 g/mol. The third-order valence-electron chi connectivity index (χ3n) is 1.58. The van der Waals surface area contributed by atoms with Crippen LogP contribution >= 0.6 is 24.0 Å². The quantitative estimate of drug-likeness (QED) is 0.658. The summed E-state index contributed by atoms with van der Waals surface area (Å²) in [4.78, 5) is 1.12. The van der Waals surface area contributed by atoms with Crippen molar-refractivity contribution < 1.29 is 10.2 Å². The number of aliphatic hydroxyl groups excluding tert-OH is 2. The Balaban J connectivity index is 2.78. The van der Waals surface area contributed by atoms with Crippen LogP contribution in [0.3, 0.4) is 0 Å². The number of aliphatic hydroxyl groups is 2. The maximum Gasteiger partial charge on any atom is 0.115 e. The van der Waals surface area contributed by atoms with E-state index in [0.29, 0.717) is 9.75 Å². The molecule has 1 aromatic heterocycles. The van der Waals surface area contributed by atoms with E-state index in [4.69, 9.17) is 5.26 Å². The topological polar surface area (TPSA) is 64.2 Å². The van der Waals surface area contributed by atoms with Gasteiger partial charge in [-0.25, -0.2) is 0 Å². The molecule has 0 amide bonds. The van der Waals surface area contributed by atoms with Crippen LogP contribution in [-0.2, 0) is 0 Å². The molecular formula is C8H9NO2S2. The fourth-order valence-electron chi connectivity index (χ4n) is 0.861. The number of thiol groups is 1. The largest absolute Gasteiger partial charge is 0.389 e. The van der Waals surface area contributed by atoms with Gasteiger partial charge in [0, 0.05) is 10.6 Å². The molecule has 0 aliphatic carbocycles. The van der Waals surface area contributed by atoms with Gasteiger partial charge in [0.1, 0.15) is 17.1 Å². The standard InChI is InChI=1S/C8H9NO2S2/c9-3-5-1-2-7(13-5)8(11)6(10)4-12/h1-2,6,8,10-12H,4H2. The maximum absolute atomic E-state index is 9.50. The van der Waals surface area contributed by atoms with E-state index < -0.39 is 12.2 Å². The number of thiophene rings is 1. The highest BCUT2D eigenvalue weighted by molar-refractivity contribution is 7.80. The Bertz CT molecular complexity index is 318. The van der Waals surface area contributed by atoms with E-state index in [9.17, 15) is 10.2 Å². The minimum Gasteiger partial charge on any atom is -0.389 e. The first-order chi connectivity index (χ1) is 6.19. The molecule has 0 saturated carbocycles. The summed E-state index contributed by atoms with van der Waals surface area (Å²) >= 11 is 5.04. The van der Waals surface area contributed by atoms with Gasteiger partial charge in [-0.15, -0.1) is 11.3 Å². The lowest BCUT2D eigenvalue weighted by Crippen LogP contribution is -2.18. The summed E-state index contributed by atoms with van der Waals surface area (Å²) < 4.78 is 0. The molecule has 0 bridgehead atoms. The van der Waals surface area contributed by atoms with Gasteiger partial charge >= 0.3 is 0 Å². The Morgan fingerprint density at radius 1 is 1.54 bits per heavy atom. The van der Waals surface area contributed by atoms with Crippen LogP contribution in [0.2, 0.25) is 0 Å². The van der Waals surface area contributed by atoms with Crippen LogP contribution in [0.25, 0.3) is 0 Å². The molecule has 13 heavy (non-hydrogen) atoms. The Morgan fingerprint density at radius 3 is 2.69 bits per heavy atom. The minimum absolute atomic E-state index is 0.195. The molecule has 0 fully saturated rings. The van der Waals surface area contributed by atoms with Crippen molar-refractivity contribution in [1.82, 2.24) is 0 Å². The van der Waals surface area contributed by atoms with Gasteiger partial charge in [0.2, 0.25) is 0 Å². The van der Waals surface area contributed by atoms with Gasteiger partial charge < -0.3 is 10.2 Å². The lowest BCUT2D eigenvalue weighted by Gasteiger charge is -2.13. The fourth-order valence-corrected chi connectivity index (χ4v) is 1.91. The van der Waals surface area contributed by atoms with Crippen molar-refractivity contribution in [3.63, 3.8) is 0 Å². The Hall–Kier alpha value is -0.540. The molecule has 1 aromatic rings. The molecule has 2 N–H and O–H groups in total. The van der Waals surface area contributed by atoms with Crippen molar-refractivity contribution in [1.29, 1.82) is 5.26 Å². The molecule has 2 unspecified atom stereocenters. The highest BCUT2D eigenvalue weighted by atomic mass is 32.1. The average molecular weight is 215 g/mol. The van der Waals surface area contributed by atoms with E-state index in [0.717, 1.165) is 0 Å². The first kappa shape index (κ1) is 10.5. The van der Waals surface area contributed by atoms with Crippen molar-refractivity contribution in [2.75, 3.05) is 5.75 Å². The molecular weight excluding hydrogens is 206 g/mol. The molecule has 0 aromatic carbocycles. The molecule has 0 aliphatic rings. The normalized spacial score (nSPS) is 14.9. The van der Waals surface area contributed by atoms with Crippen molar-refractivity contribution in [2.24, 2.45) is 0 Å². The number of nitriles is 1. The van der Waals surface area contributed by atoms with E-state index >= 15 is 0 Å². The zero-order chi connectivity index (χ0) is 9.84. The first-order valence-electron chi connectivity index (χ1n) is 3.66. The molecule has 70 valence electrons. The van der Waals surface area contributed by atoms with Crippen LogP contribution < -0.4 is 0 Å². The van der Waals surface area contributed by atoms with Gasteiger partial charge in [-0.05, 0) is 12.1 Å². The zero-order valence-electron chi connectivity index (χ0n) is 6.71. The molecule has 1 rings (SSSR count). The molecule has 1 heterocycles.